The second kappa shape index (κ2) is 9.39. The molecule has 1 aliphatic rings. The maximum absolute atomic E-state index is 12.5. The Kier molecular flexibility index (Phi) is 6.68. The average molecular weight is 368 g/mol. The molecule has 0 aliphatic carbocycles. The van der Waals surface area contributed by atoms with Crippen molar-refractivity contribution in [2.45, 2.75) is 25.3 Å². The van der Waals surface area contributed by atoms with Gasteiger partial charge in [-0.15, -0.1) is 0 Å². The molecule has 6 heteroatoms. The summed E-state index contributed by atoms with van der Waals surface area (Å²) in [4.78, 5) is 21.3. The number of carbonyl (C=O) groups is 1. The zero-order chi connectivity index (χ0) is 19.1. The van der Waals surface area contributed by atoms with Crippen molar-refractivity contribution in [1.82, 2.24) is 4.98 Å². The third kappa shape index (κ3) is 4.99. The number of aliphatic hydroxyl groups is 1. The topological polar surface area (TPSA) is 81.0 Å². The Labute approximate surface area is 158 Å². The molecule has 1 atom stereocenters. The number of methoxy groups -OCH3 is 1. The van der Waals surface area contributed by atoms with Crippen LogP contribution in [0.1, 0.15) is 34.7 Å². The molecule has 3 rings (SSSR count). The molecule has 1 N–H and O–H groups in total. The van der Waals surface area contributed by atoms with Crippen LogP contribution in [0.4, 0.5) is 0 Å². The van der Waals surface area contributed by atoms with E-state index < -0.39 is 0 Å². The number of benzene rings is 1. The number of Topliss-reactive ketones (excluding diaryl/α,β-unsaturated/α-hetero) is 1. The third-order valence-electron chi connectivity index (χ3n) is 4.54. The number of aliphatic imine (C=N–C) groups is 1. The average Bonchev–Trinajstić information content (AvgIpc) is 3.09. The van der Waals surface area contributed by atoms with Gasteiger partial charge in [0.15, 0.2) is 0 Å². The van der Waals surface area contributed by atoms with E-state index in [1.807, 2.05) is 36.4 Å². The van der Waals surface area contributed by atoms with E-state index in [1.54, 1.807) is 13.3 Å². The van der Waals surface area contributed by atoms with Crippen molar-refractivity contribution in [2.75, 3.05) is 26.9 Å². The fourth-order valence-corrected chi connectivity index (χ4v) is 3.12. The van der Waals surface area contributed by atoms with E-state index in [-0.39, 0.29) is 24.7 Å². The maximum atomic E-state index is 12.5. The minimum Gasteiger partial charge on any atom is -0.475 e. The molecule has 1 aromatic heterocycles. The number of aromatic nitrogens is 1. The lowest BCUT2D eigenvalue weighted by Gasteiger charge is -2.13. The van der Waals surface area contributed by atoms with Gasteiger partial charge in [-0.3, -0.25) is 9.78 Å². The Morgan fingerprint density at radius 3 is 2.81 bits per heavy atom. The molecule has 0 fully saturated rings. The summed E-state index contributed by atoms with van der Waals surface area (Å²) in [5.74, 6) is 0.454. The van der Waals surface area contributed by atoms with Gasteiger partial charge < -0.3 is 14.6 Å². The highest BCUT2D eigenvalue weighted by Gasteiger charge is 2.20. The third-order valence-corrected chi connectivity index (χ3v) is 4.54. The van der Waals surface area contributed by atoms with Crippen LogP contribution in [0.3, 0.4) is 0 Å². The van der Waals surface area contributed by atoms with E-state index in [2.05, 4.69) is 9.98 Å². The van der Waals surface area contributed by atoms with Gasteiger partial charge in [-0.2, -0.15) is 0 Å². The highest BCUT2D eigenvalue weighted by atomic mass is 16.5. The summed E-state index contributed by atoms with van der Waals surface area (Å²) in [7, 11) is 1.62. The van der Waals surface area contributed by atoms with Gasteiger partial charge in [0, 0.05) is 37.8 Å². The normalized spacial score (nSPS) is 13.8. The van der Waals surface area contributed by atoms with Crippen molar-refractivity contribution in [3.63, 3.8) is 0 Å². The molecule has 0 amide bonds. The molecular weight excluding hydrogens is 344 g/mol. The van der Waals surface area contributed by atoms with Gasteiger partial charge in [0.05, 0.1) is 25.3 Å². The van der Waals surface area contributed by atoms with E-state index in [1.165, 1.54) is 0 Å². The summed E-state index contributed by atoms with van der Waals surface area (Å²) in [6, 6.07) is 11.5. The van der Waals surface area contributed by atoms with Crippen molar-refractivity contribution in [1.29, 1.82) is 0 Å². The second-order valence-corrected chi connectivity index (χ2v) is 6.51. The van der Waals surface area contributed by atoms with Gasteiger partial charge >= 0.3 is 0 Å². The van der Waals surface area contributed by atoms with Gasteiger partial charge in [-0.1, -0.05) is 30.3 Å². The summed E-state index contributed by atoms with van der Waals surface area (Å²) >= 11 is 0. The lowest BCUT2D eigenvalue weighted by molar-refractivity contribution is -0.119. The number of carbonyl (C=O) groups excluding carboxylic acids is 1. The van der Waals surface area contributed by atoms with Crippen molar-refractivity contribution >= 4 is 11.7 Å². The molecule has 0 unspecified atom stereocenters. The molecular formula is C21H24N2O4. The van der Waals surface area contributed by atoms with Crippen molar-refractivity contribution < 1.29 is 19.4 Å². The molecule has 142 valence electrons. The summed E-state index contributed by atoms with van der Waals surface area (Å²) in [5.41, 5.74) is 3.58. The maximum Gasteiger partial charge on any atom is 0.218 e. The van der Waals surface area contributed by atoms with Crippen LogP contribution in [0, 0.1) is 0 Å². The summed E-state index contributed by atoms with van der Waals surface area (Å²) in [6.07, 6.45) is 2.26. The molecule has 1 aromatic carbocycles. The highest BCUT2D eigenvalue weighted by molar-refractivity contribution is 5.97. The van der Waals surface area contributed by atoms with Crippen molar-refractivity contribution in [3.05, 3.63) is 65.0 Å². The molecule has 0 spiro atoms. The fraction of sp³-hybridized carbons (Fsp3) is 0.381. The highest BCUT2D eigenvalue weighted by Crippen LogP contribution is 2.22. The predicted molar refractivity (Wildman–Crippen MR) is 102 cm³/mol. The van der Waals surface area contributed by atoms with Gasteiger partial charge in [0.25, 0.3) is 0 Å². The molecule has 0 bridgehead atoms. The van der Waals surface area contributed by atoms with E-state index in [4.69, 9.17) is 9.47 Å². The van der Waals surface area contributed by atoms with Gasteiger partial charge in [0.1, 0.15) is 12.4 Å². The number of aliphatic hydroxyl groups excluding tert-OH is 1. The minimum atomic E-state index is -0.183. The van der Waals surface area contributed by atoms with Crippen molar-refractivity contribution in [3.8, 4) is 0 Å². The van der Waals surface area contributed by atoms with Gasteiger partial charge in [-0.05, 0) is 17.2 Å². The molecule has 27 heavy (non-hydrogen) atoms. The van der Waals surface area contributed by atoms with Crippen LogP contribution >= 0.6 is 0 Å². The first-order chi connectivity index (χ1) is 13.2. The molecule has 0 saturated carbocycles. The Bertz CT molecular complexity index is 805. The molecule has 2 heterocycles. The molecule has 2 aromatic rings. The van der Waals surface area contributed by atoms with Crippen LogP contribution in [0.2, 0.25) is 0 Å². The number of ether oxygens (including phenoxy) is 2. The van der Waals surface area contributed by atoms with Crippen LogP contribution < -0.4 is 0 Å². The number of ketones is 1. The quantitative estimate of drug-likeness (QED) is 0.687. The van der Waals surface area contributed by atoms with E-state index in [0.29, 0.717) is 32.1 Å². The smallest absolute Gasteiger partial charge is 0.218 e. The van der Waals surface area contributed by atoms with Gasteiger partial charge in [-0.25, -0.2) is 4.99 Å². The Morgan fingerprint density at radius 1 is 1.26 bits per heavy atom. The summed E-state index contributed by atoms with van der Waals surface area (Å²) in [6.45, 7) is 1.42. The number of fused-ring (bicyclic) bond motifs is 1. The minimum absolute atomic E-state index is 0.0522. The first-order valence-electron chi connectivity index (χ1n) is 9.03. The van der Waals surface area contributed by atoms with Gasteiger partial charge in [0.2, 0.25) is 5.90 Å². The van der Waals surface area contributed by atoms with E-state index in [0.717, 1.165) is 22.4 Å². The fourth-order valence-electron chi connectivity index (χ4n) is 3.12. The zero-order valence-electron chi connectivity index (χ0n) is 15.4. The number of rotatable bonds is 9. The Morgan fingerprint density at radius 2 is 2.07 bits per heavy atom. The largest absolute Gasteiger partial charge is 0.475 e. The lowest BCUT2D eigenvalue weighted by Crippen LogP contribution is -2.14. The number of pyridine rings is 1. The predicted octanol–water partition coefficient (Wildman–Crippen LogP) is 2.28. The van der Waals surface area contributed by atoms with E-state index in [9.17, 15) is 9.90 Å². The van der Waals surface area contributed by atoms with E-state index >= 15 is 0 Å². The standard InChI is InChI=1S/C21H24N2O4/c1-26-7-8-27-21-20-13-22-18(9-16(20)12-23-21)11-19(25)10-17(14-24)15-5-3-2-4-6-15/h2-6,9,13,17,24H,7-8,10-12,14H2,1H3/t17-/m1/s1. The Balaban J connectivity index is 1.59. The first kappa shape index (κ1) is 19.2. The zero-order valence-corrected chi connectivity index (χ0v) is 15.4. The summed E-state index contributed by atoms with van der Waals surface area (Å²) < 4.78 is 10.6. The van der Waals surface area contributed by atoms with Crippen LogP contribution in [-0.4, -0.2) is 48.7 Å². The molecule has 6 nitrogen and oxygen atoms in total. The van der Waals surface area contributed by atoms with Crippen LogP contribution in [-0.2, 0) is 27.2 Å². The first-order valence-corrected chi connectivity index (χ1v) is 9.03. The number of hydrogen-bond acceptors (Lipinski definition) is 6. The van der Waals surface area contributed by atoms with Crippen LogP contribution in [0.5, 0.6) is 0 Å². The second-order valence-electron chi connectivity index (χ2n) is 6.51. The Hall–Kier alpha value is -2.57. The number of nitrogens with zero attached hydrogens (tertiary/aromatic N) is 2. The monoisotopic (exact) mass is 368 g/mol. The van der Waals surface area contributed by atoms with Crippen molar-refractivity contribution in [2.24, 2.45) is 4.99 Å². The lowest BCUT2D eigenvalue weighted by atomic mass is 9.93. The summed E-state index contributed by atoms with van der Waals surface area (Å²) in [5, 5.41) is 9.63. The SMILES string of the molecule is COCCOC1=NCc2cc(CC(=O)C[C@H](CO)c3ccccc3)ncc21. The van der Waals surface area contributed by atoms with Crippen LogP contribution in [0.25, 0.3) is 0 Å². The molecule has 0 radical (unpaired) electrons. The number of hydrogen-bond donors (Lipinski definition) is 1. The van der Waals surface area contributed by atoms with Crippen LogP contribution in [0.15, 0.2) is 47.6 Å². The molecule has 1 aliphatic heterocycles. The molecule has 0 saturated heterocycles.